The molecule has 1 aromatic carbocycles. The number of unbranched alkanes of at least 4 members (excludes halogenated alkanes) is 1. The minimum absolute atomic E-state index is 0.218. The molecule has 0 saturated heterocycles. The van der Waals surface area contributed by atoms with Crippen molar-refractivity contribution in [2.24, 2.45) is 0 Å². The van der Waals surface area contributed by atoms with Crippen LogP contribution >= 0.6 is 15.9 Å². The summed E-state index contributed by atoms with van der Waals surface area (Å²) in [7, 11) is 0. The summed E-state index contributed by atoms with van der Waals surface area (Å²) in [6, 6.07) is 11.4. The number of rotatable bonds is 5. The van der Waals surface area contributed by atoms with Gasteiger partial charge >= 0.3 is 0 Å². The summed E-state index contributed by atoms with van der Waals surface area (Å²) >= 11 is 3.42. The van der Waals surface area contributed by atoms with E-state index in [4.69, 9.17) is 0 Å². The van der Waals surface area contributed by atoms with Crippen molar-refractivity contribution in [2.75, 3.05) is 6.54 Å². The summed E-state index contributed by atoms with van der Waals surface area (Å²) < 4.78 is 2.66. The third-order valence-electron chi connectivity index (χ3n) is 3.12. The van der Waals surface area contributed by atoms with Crippen molar-refractivity contribution in [2.45, 2.75) is 19.8 Å². The SMILES string of the molecule is CCCCNC(=O)c1c(C#N)ccn1-c1cccc(Br)c1. The van der Waals surface area contributed by atoms with E-state index in [1.54, 1.807) is 16.8 Å². The number of nitrogens with one attached hydrogen (secondary N) is 1. The highest BCUT2D eigenvalue weighted by Gasteiger charge is 2.17. The Kier molecular flexibility index (Phi) is 5.18. The molecule has 0 fully saturated rings. The van der Waals surface area contributed by atoms with E-state index in [0.29, 0.717) is 17.8 Å². The molecule has 0 radical (unpaired) electrons. The van der Waals surface area contributed by atoms with Gasteiger partial charge in [-0.3, -0.25) is 4.79 Å². The first-order valence-electron chi connectivity index (χ1n) is 6.83. The molecule has 0 aliphatic rings. The smallest absolute Gasteiger partial charge is 0.269 e. The number of carbonyl (C=O) groups is 1. The normalized spacial score (nSPS) is 10.1. The van der Waals surface area contributed by atoms with Crippen LogP contribution in [0, 0.1) is 11.3 Å². The van der Waals surface area contributed by atoms with Gasteiger partial charge in [-0.2, -0.15) is 5.26 Å². The van der Waals surface area contributed by atoms with E-state index < -0.39 is 0 Å². The fourth-order valence-corrected chi connectivity index (χ4v) is 2.44. The number of halogens is 1. The van der Waals surface area contributed by atoms with Gasteiger partial charge in [-0.1, -0.05) is 35.3 Å². The molecule has 2 rings (SSSR count). The Labute approximate surface area is 132 Å². The van der Waals surface area contributed by atoms with Crippen LogP contribution in [0.5, 0.6) is 0 Å². The molecule has 0 unspecified atom stereocenters. The van der Waals surface area contributed by atoms with Crippen LogP contribution in [0.1, 0.15) is 35.8 Å². The number of hydrogen-bond acceptors (Lipinski definition) is 2. The molecule has 0 spiro atoms. The minimum atomic E-state index is -0.218. The van der Waals surface area contributed by atoms with Gasteiger partial charge in [-0.25, -0.2) is 0 Å². The van der Waals surface area contributed by atoms with Gasteiger partial charge in [-0.05, 0) is 30.7 Å². The second-order valence-electron chi connectivity index (χ2n) is 4.65. The standard InChI is InChI=1S/C16H16BrN3O/c1-2-3-8-19-16(21)15-12(11-18)7-9-20(15)14-6-4-5-13(17)10-14/h4-7,9-10H,2-3,8H2,1H3,(H,19,21). The quantitative estimate of drug-likeness (QED) is 0.841. The zero-order valence-electron chi connectivity index (χ0n) is 11.8. The number of hydrogen-bond donors (Lipinski definition) is 1. The summed E-state index contributed by atoms with van der Waals surface area (Å²) in [5.74, 6) is -0.218. The van der Waals surface area contributed by atoms with Crippen LogP contribution in [-0.4, -0.2) is 17.0 Å². The average molecular weight is 346 g/mol. The van der Waals surface area contributed by atoms with Gasteiger partial charge < -0.3 is 9.88 Å². The number of nitriles is 1. The maximum absolute atomic E-state index is 12.3. The molecule has 108 valence electrons. The number of benzene rings is 1. The molecule has 4 nitrogen and oxygen atoms in total. The summed E-state index contributed by atoms with van der Waals surface area (Å²) in [5, 5.41) is 12.1. The van der Waals surface area contributed by atoms with Gasteiger partial charge in [0.2, 0.25) is 0 Å². The van der Waals surface area contributed by atoms with Crippen LogP contribution in [0.4, 0.5) is 0 Å². The second kappa shape index (κ2) is 7.09. The first-order chi connectivity index (χ1) is 10.2. The first kappa shape index (κ1) is 15.3. The highest BCUT2D eigenvalue weighted by molar-refractivity contribution is 9.10. The molecule has 5 heteroatoms. The summed E-state index contributed by atoms with van der Waals surface area (Å²) in [4.78, 5) is 12.3. The maximum Gasteiger partial charge on any atom is 0.269 e. The Bertz CT molecular complexity index is 685. The van der Waals surface area contributed by atoms with Crippen molar-refractivity contribution in [1.82, 2.24) is 9.88 Å². The third-order valence-corrected chi connectivity index (χ3v) is 3.62. The lowest BCUT2D eigenvalue weighted by Gasteiger charge is -2.10. The van der Waals surface area contributed by atoms with Gasteiger partial charge in [-0.15, -0.1) is 0 Å². The molecule has 0 saturated carbocycles. The van der Waals surface area contributed by atoms with Gasteiger partial charge in [0.05, 0.1) is 5.56 Å². The Morgan fingerprint density at radius 3 is 2.90 bits per heavy atom. The van der Waals surface area contributed by atoms with Crippen molar-refractivity contribution >= 4 is 21.8 Å². The molecular formula is C16H16BrN3O. The molecule has 1 aromatic heterocycles. The van der Waals surface area contributed by atoms with E-state index in [2.05, 4.69) is 34.2 Å². The molecular weight excluding hydrogens is 330 g/mol. The number of aromatic nitrogens is 1. The third kappa shape index (κ3) is 3.53. The van der Waals surface area contributed by atoms with Gasteiger partial charge in [0, 0.05) is 22.9 Å². The second-order valence-corrected chi connectivity index (χ2v) is 5.56. The van der Waals surface area contributed by atoms with Crippen molar-refractivity contribution in [3.8, 4) is 11.8 Å². The van der Waals surface area contributed by atoms with Crippen molar-refractivity contribution in [1.29, 1.82) is 5.26 Å². The number of nitrogens with zero attached hydrogens (tertiary/aromatic N) is 2. The van der Waals surface area contributed by atoms with Gasteiger partial charge in [0.1, 0.15) is 11.8 Å². The zero-order chi connectivity index (χ0) is 15.2. The van der Waals surface area contributed by atoms with Crippen molar-refractivity contribution in [3.05, 3.63) is 52.3 Å². The van der Waals surface area contributed by atoms with E-state index in [1.165, 1.54) is 0 Å². The summed E-state index contributed by atoms with van der Waals surface area (Å²) in [6.07, 6.45) is 3.68. The minimum Gasteiger partial charge on any atom is -0.351 e. The van der Waals surface area contributed by atoms with Crippen LogP contribution in [0.15, 0.2) is 41.0 Å². The molecule has 1 heterocycles. The van der Waals surface area contributed by atoms with Gasteiger partial charge in [0.15, 0.2) is 0 Å². The van der Waals surface area contributed by atoms with Crippen LogP contribution in [0.25, 0.3) is 5.69 Å². The van der Waals surface area contributed by atoms with E-state index in [1.807, 2.05) is 24.3 Å². The molecule has 0 atom stereocenters. The average Bonchev–Trinajstić information content (AvgIpc) is 2.91. The Balaban J connectivity index is 2.38. The zero-order valence-corrected chi connectivity index (χ0v) is 13.4. The monoisotopic (exact) mass is 345 g/mol. The van der Waals surface area contributed by atoms with E-state index in [0.717, 1.165) is 23.0 Å². The van der Waals surface area contributed by atoms with E-state index in [9.17, 15) is 10.1 Å². The molecule has 2 aromatic rings. The fraction of sp³-hybridized carbons (Fsp3) is 0.250. The Morgan fingerprint density at radius 1 is 1.43 bits per heavy atom. The van der Waals surface area contributed by atoms with Gasteiger partial charge in [0.25, 0.3) is 5.91 Å². The van der Waals surface area contributed by atoms with E-state index >= 15 is 0 Å². The van der Waals surface area contributed by atoms with Crippen LogP contribution in [0.3, 0.4) is 0 Å². The number of carbonyl (C=O) groups excluding carboxylic acids is 1. The highest BCUT2D eigenvalue weighted by atomic mass is 79.9. The molecule has 0 aliphatic carbocycles. The Morgan fingerprint density at radius 2 is 2.24 bits per heavy atom. The van der Waals surface area contributed by atoms with Crippen LogP contribution < -0.4 is 5.32 Å². The number of amides is 1. The lowest BCUT2D eigenvalue weighted by molar-refractivity contribution is 0.0946. The fourth-order valence-electron chi connectivity index (χ4n) is 2.06. The van der Waals surface area contributed by atoms with Crippen LogP contribution in [0.2, 0.25) is 0 Å². The Hall–Kier alpha value is -2.06. The highest BCUT2D eigenvalue weighted by Crippen LogP contribution is 2.20. The largest absolute Gasteiger partial charge is 0.351 e. The lowest BCUT2D eigenvalue weighted by atomic mass is 10.2. The molecule has 21 heavy (non-hydrogen) atoms. The molecule has 1 amide bonds. The molecule has 0 bridgehead atoms. The lowest BCUT2D eigenvalue weighted by Crippen LogP contribution is -2.27. The van der Waals surface area contributed by atoms with Crippen molar-refractivity contribution in [3.63, 3.8) is 0 Å². The summed E-state index contributed by atoms with van der Waals surface area (Å²) in [6.45, 7) is 2.68. The van der Waals surface area contributed by atoms with Crippen LogP contribution in [-0.2, 0) is 0 Å². The topological polar surface area (TPSA) is 57.8 Å². The predicted octanol–water partition coefficient (Wildman–Crippen LogP) is 3.64. The molecule has 0 aliphatic heterocycles. The van der Waals surface area contributed by atoms with E-state index in [-0.39, 0.29) is 5.91 Å². The maximum atomic E-state index is 12.3. The summed E-state index contributed by atoms with van der Waals surface area (Å²) in [5.41, 5.74) is 1.60. The predicted molar refractivity (Wildman–Crippen MR) is 85.4 cm³/mol. The van der Waals surface area contributed by atoms with Crippen molar-refractivity contribution < 1.29 is 4.79 Å². The molecule has 1 N–H and O–H groups in total. The first-order valence-corrected chi connectivity index (χ1v) is 7.62.